The van der Waals surface area contributed by atoms with Crippen molar-refractivity contribution in [3.8, 4) is 5.88 Å². The molecule has 2 amide bonds. The van der Waals surface area contributed by atoms with Crippen molar-refractivity contribution in [3.05, 3.63) is 47.7 Å². The van der Waals surface area contributed by atoms with Gasteiger partial charge in [-0.15, -0.1) is 0 Å². The summed E-state index contributed by atoms with van der Waals surface area (Å²) in [6, 6.07) is 9.48. The molecule has 1 aliphatic carbocycles. The van der Waals surface area contributed by atoms with Gasteiger partial charge < -0.3 is 15.4 Å². The summed E-state index contributed by atoms with van der Waals surface area (Å²) in [6.07, 6.45) is 6.28. The molecular weight excluding hydrogens is 342 g/mol. The molecule has 0 bridgehead atoms. The summed E-state index contributed by atoms with van der Waals surface area (Å²) in [5, 5.41) is 5.93. The molecule has 4 rings (SSSR count). The highest BCUT2D eigenvalue weighted by molar-refractivity contribution is 5.98. The maximum Gasteiger partial charge on any atom is 0.227 e. The number of fused-ring (bicyclic) bond motifs is 1. The highest BCUT2D eigenvalue weighted by Crippen LogP contribution is 2.38. The SMILES string of the molecule is COc1ccc(C2CC(=O)Nc3cc(NC(=O)C4CCCC4)ccc32)cn1. The van der Waals surface area contributed by atoms with E-state index in [1.807, 2.05) is 24.3 Å². The van der Waals surface area contributed by atoms with Crippen LogP contribution in [0.3, 0.4) is 0 Å². The highest BCUT2D eigenvalue weighted by atomic mass is 16.5. The van der Waals surface area contributed by atoms with Gasteiger partial charge in [-0.3, -0.25) is 9.59 Å². The van der Waals surface area contributed by atoms with Gasteiger partial charge in [0, 0.05) is 41.9 Å². The van der Waals surface area contributed by atoms with Gasteiger partial charge in [0.15, 0.2) is 0 Å². The molecule has 2 aliphatic rings. The molecule has 1 aliphatic heterocycles. The summed E-state index contributed by atoms with van der Waals surface area (Å²) in [7, 11) is 1.58. The number of hydrogen-bond donors (Lipinski definition) is 2. The topological polar surface area (TPSA) is 80.3 Å². The first kappa shape index (κ1) is 17.5. The molecule has 2 heterocycles. The van der Waals surface area contributed by atoms with E-state index >= 15 is 0 Å². The Kier molecular flexibility index (Phi) is 4.79. The van der Waals surface area contributed by atoms with Crippen LogP contribution in [-0.4, -0.2) is 23.9 Å². The molecule has 1 atom stereocenters. The Morgan fingerprint density at radius 3 is 2.74 bits per heavy atom. The zero-order valence-corrected chi connectivity index (χ0v) is 15.3. The second-order valence-electron chi connectivity index (χ2n) is 7.21. The monoisotopic (exact) mass is 365 g/mol. The number of ether oxygens (including phenoxy) is 1. The number of anilines is 2. The zero-order chi connectivity index (χ0) is 18.8. The number of benzene rings is 1. The highest BCUT2D eigenvalue weighted by Gasteiger charge is 2.28. The summed E-state index contributed by atoms with van der Waals surface area (Å²) < 4.78 is 5.11. The molecule has 27 heavy (non-hydrogen) atoms. The second kappa shape index (κ2) is 7.39. The second-order valence-corrected chi connectivity index (χ2v) is 7.21. The van der Waals surface area contributed by atoms with E-state index in [2.05, 4.69) is 15.6 Å². The molecule has 1 aromatic carbocycles. The number of aromatic nitrogens is 1. The van der Waals surface area contributed by atoms with Gasteiger partial charge in [0.05, 0.1) is 7.11 Å². The fourth-order valence-corrected chi connectivity index (χ4v) is 3.99. The predicted molar refractivity (Wildman–Crippen MR) is 103 cm³/mol. The standard InChI is InChI=1S/C21H23N3O3/c1-27-20-9-6-14(12-22-20)17-11-19(25)24-18-10-15(7-8-16(17)18)23-21(26)13-4-2-3-5-13/h6-10,12-13,17H,2-5,11H2,1H3,(H,23,26)(H,24,25). The van der Waals surface area contributed by atoms with E-state index in [9.17, 15) is 9.59 Å². The van der Waals surface area contributed by atoms with Crippen LogP contribution in [0.2, 0.25) is 0 Å². The molecule has 6 heteroatoms. The lowest BCUT2D eigenvalue weighted by Gasteiger charge is -2.26. The predicted octanol–water partition coefficient (Wildman–Crippen LogP) is 3.69. The van der Waals surface area contributed by atoms with Gasteiger partial charge in [0.25, 0.3) is 0 Å². The van der Waals surface area contributed by atoms with Crippen LogP contribution in [0.5, 0.6) is 5.88 Å². The van der Waals surface area contributed by atoms with Crippen molar-refractivity contribution in [3.63, 3.8) is 0 Å². The van der Waals surface area contributed by atoms with Crippen molar-refractivity contribution < 1.29 is 14.3 Å². The van der Waals surface area contributed by atoms with Crippen LogP contribution < -0.4 is 15.4 Å². The zero-order valence-electron chi connectivity index (χ0n) is 15.3. The largest absolute Gasteiger partial charge is 0.481 e. The first-order chi connectivity index (χ1) is 13.1. The fraction of sp³-hybridized carbons (Fsp3) is 0.381. The van der Waals surface area contributed by atoms with Gasteiger partial charge >= 0.3 is 0 Å². The molecule has 140 valence electrons. The molecule has 1 fully saturated rings. The molecule has 0 saturated heterocycles. The van der Waals surface area contributed by atoms with Gasteiger partial charge in [-0.2, -0.15) is 0 Å². The summed E-state index contributed by atoms with van der Waals surface area (Å²) in [5.74, 6) is 0.623. The minimum atomic E-state index is -0.0632. The van der Waals surface area contributed by atoms with Crippen LogP contribution >= 0.6 is 0 Å². The summed E-state index contributed by atoms with van der Waals surface area (Å²) in [4.78, 5) is 28.9. The average molecular weight is 365 g/mol. The van der Waals surface area contributed by atoms with Gasteiger partial charge in [-0.1, -0.05) is 25.0 Å². The molecule has 1 saturated carbocycles. The van der Waals surface area contributed by atoms with Gasteiger partial charge in [-0.25, -0.2) is 4.98 Å². The number of carbonyl (C=O) groups is 2. The molecule has 1 aromatic heterocycles. The maximum absolute atomic E-state index is 12.4. The number of amides is 2. The van der Waals surface area contributed by atoms with Crippen molar-refractivity contribution in [1.82, 2.24) is 4.98 Å². The van der Waals surface area contributed by atoms with Crippen LogP contribution in [0.4, 0.5) is 11.4 Å². The van der Waals surface area contributed by atoms with E-state index in [4.69, 9.17) is 4.74 Å². The van der Waals surface area contributed by atoms with Gasteiger partial charge in [-0.05, 0) is 36.1 Å². The maximum atomic E-state index is 12.4. The third kappa shape index (κ3) is 3.65. The number of pyridine rings is 1. The number of rotatable bonds is 4. The lowest BCUT2D eigenvalue weighted by Crippen LogP contribution is -2.24. The van der Waals surface area contributed by atoms with Crippen molar-refractivity contribution in [2.45, 2.75) is 38.0 Å². The van der Waals surface area contributed by atoms with E-state index in [0.29, 0.717) is 12.3 Å². The molecular formula is C21H23N3O3. The summed E-state index contributed by atoms with van der Waals surface area (Å²) in [5.41, 5.74) is 3.46. The Hall–Kier alpha value is -2.89. The molecule has 0 spiro atoms. The van der Waals surface area contributed by atoms with Crippen LogP contribution in [-0.2, 0) is 9.59 Å². The minimum Gasteiger partial charge on any atom is -0.481 e. The van der Waals surface area contributed by atoms with Crippen LogP contribution in [0.1, 0.15) is 49.1 Å². The Morgan fingerprint density at radius 2 is 2.04 bits per heavy atom. The molecule has 0 radical (unpaired) electrons. The van der Waals surface area contributed by atoms with Crippen molar-refractivity contribution in [1.29, 1.82) is 0 Å². The number of methoxy groups -OCH3 is 1. The van der Waals surface area contributed by atoms with E-state index in [-0.39, 0.29) is 23.7 Å². The van der Waals surface area contributed by atoms with Crippen molar-refractivity contribution in [2.75, 3.05) is 17.7 Å². The Morgan fingerprint density at radius 1 is 1.22 bits per heavy atom. The minimum absolute atomic E-state index is 0.0393. The smallest absolute Gasteiger partial charge is 0.227 e. The van der Waals surface area contributed by atoms with E-state index in [1.54, 1.807) is 19.4 Å². The molecule has 2 N–H and O–H groups in total. The Bertz CT molecular complexity index is 857. The summed E-state index contributed by atoms with van der Waals surface area (Å²) in [6.45, 7) is 0. The van der Waals surface area contributed by atoms with Crippen molar-refractivity contribution >= 4 is 23.2 Å². The van der Waals surface area contributed by atoms with E-state index < -0.39 is 0 Å². The number of hydrogen-bond acceptors (Lipinski definition) is 4. The van der Waals surface area contributed by atoms with E-state index in [1.165, 1.54) is 0 Å². The van der Waals surface area contributed by atoms with E-state index in [0.717, 1.165) is 48.2 Å². The Balaban J connectivity index is 1.58. The number of carbonyl (C=O) groups excluding carboxylic acids is 2. The normalized spacial score (nSPS) is 19.3. The first-order valence-corrected chi connectivity index (χ1v) is 9.38. The summed E-state index contributed by atoms with van der Waals surface area (Å²) >= 11 is 0. The molecule has 6 nitrogen and oxygen atoms in total. The van der Waals surface area contributed by atoms with Gasteiger partial charge in [0.2, 0.25) is 17.7 Å². The number of nitrogens with zero attached hydrogens (tertiary/aromatic N) is 1. The molecule has 2 aromatic rings. The molecule has 1 unspecified atom stereocenters. The van der Waals surface area contributed by atoms with Crippen LogP contribution in [0, 0.1) is 5.92 Å². The van der Waals surface area contributed by atoms with Crippen LogP contribution in [0.15, 0.2) is 36.5 Å². The average Bonchev–Trinajstić information content (AvgIpc) is 3.22. The lowest BCUT2D eigenvalue weighted by molar-refractivity contribution is -0.119. The Labute approximate surface area is 158 Å². The first-order valence-electron chi connectivity index (χ1n) is 9.38. The van der Waals surface area contributed by atoms with Crippen molar-refractivity contribution in [2.24, 2.45) is 5.92 Å². The lowest BCUT2D eigenvalue weighted by atomic mass is 9.85. The number of nitrogens with one attached hydrogen (secondary N) is 2. The third-order valence-corrected chi connectivity index (χ3v) is 5.46. The quantitative estimate of drug-likeness (QED) is 0.866. The van der Waals surface area contributed by atoms with Crippen LogP contribution in [0.25, 0.3) is 0 Å². The fourth-order valence-electron chi connectivity index (χ4n) is 3.99. The van der Waals surface area contributed by atoms with Gasteiger partial charge in [0.1, 0.15) is 0 Å². The third-order valence-electron chi connectivity index (χ3n) is 5.46.